The third-order valence-corrected chi connectivity index (χ3v) is 3.54. The minimum absolute atomic E-state index is 0.0634. The van der Waals surface area contributed by atoms with Gasteiger partial charge in [-0.05, 0) is 19.9 Å². The van der Waals surface area contributed by atoms with Crippen LogP contribution in [0.25, 0.3) is 0 Å². The molecule has 0 aliphatic rings. The standard InChI is InChI=1S/C15H20N4O3/c1-10-14(11(2)18(3)17-10)15(22)16-8-12(20)9-19-7-5-4-6-13(19)21/h4-7,12,20H,8-9H2,1-3H3,(H,16,22). The third kappa shape index (κ3) is 3.43. The van der Waals surface area contributed by atoms with E-state index in [2.05, 4.69) is 10.4 Å². The van der Waals surface area contributed by atoms with E-state index in [1.165, 1.54) is 10.6 Å². The predicted octanol–water partition coefficient (Wildman–Crippen LogP) is -0.0105. The van der Waals surface area contributed by atoms with Gasteiger partial charge in [-0.15, -0.1) is 0 Å². The lowest BCUT2D eigenvalue weighted by atomic mass is 10.2. The van der Waals surface area contributed by atoms with Crippen molar-refractivity contribution in [2.75, 3.05) is 6.54 Å². The first-order valence-electron chi connectivity index (χ1n) is 7.02. The Balaban J connectivity index is 1.96. The Kier molecular flexibility index (Phi) is 4.77. The summed E-state index contributed by atoms with van der Waals surface area (Å²) in [5.74, 6) is -0.275. The topological polar surface area (TPSA) is 89.2 Å². The van der Waals surface area contributed by atoms with Crippen molar-refractivity contribution >= 4 is 5.91 Å². The number of hydrogen-bond donors (Lipinski definition) is 2. The predicted molar refractivity (Wildman–Crippen MR) is 81.7 cm³/mol. The van der Waals surface area contributed by atoms with Gasteiger partial charge in [0.25, 0.3) is 11.5 Å². The zero-order chi connectivity index (χ0) is 16.3. The first-order chi connectivity index (χ1) is 10.4. The number of carbonyl (C=O) groups is 1. The fourth-order valence-corrected chi connectivity index (χ4v) is 2.30. The van der Waals surface area contributed by atoms with E-state index in [1.54, 1.807) is 37.0 Å². The smallest absolute Gasteiger partial charge is 0.255 e. The van der Waals surface area contributed by atoms with E-state index in [-0.39, 0.29) is 24.6 Å². The highest BCUT2D eigenvalue weighted by Crippen LogP contribution is 2.11. The fourth-order valence-electron chi connectivity index (χ4n) is 2.30. The number of rotatable bonds is 5. The van der Waals surface area contributed by atoms with Gasteiger partial charge in [0, 0.05) is 31.5 Å². The normalized spacial score (nSPS) is 12.2. The summed E-state index contributed by atoms with van der Waals surface area (Å²) in [6, 6.07) is 4.78. The largest absolute Gasteiger partial charge is 0.389 e. The zero-order valence-electron chi connectivity index (χ0n) is 12.9. The number of aryl methyl sites for hydroxylation is 2. The molecule has 0 aliphatic carbocycles. The van der Waals surface area contributed by atoms with Gasteiger partial charge in [-0.1, -0.05) is 6.07 Å². The fraction of sp³-hybridized carbons (Fsp3) is 0.400. The number of carbonyl (C=O) groups excluding carboxylic acids is 1. The van der Waals surface area contributed by atoms with Gasteiger partial charge in [0.1, 0.15) is 0 Å². The zero-order valence-corrected chi connectivity index (χ0v) is 12.9. The molecule has 2 aromatic heterocycles. The maximum absolute atomic E-state index is 12.2. The quantitative estimate of drug-likeness (QED) is 0.813. The van der Waals surface area contributed by atoms with Crippen molar-refractivity contribution in [2.45, 2.75) is 26.5 Å². The average Bonchev–Trinajstić information content (AvgIpc) is 2.72. The second-order valence-corrected chi connectivity index (χ2v) is 5.22. The Bertz CT molecular complexity index is 733. The SMILES string of the molecule is Cc1nn(C)c(C)c1C(=O)NCC(O)Cn1ccccc1=O. The van der Waals surface area contributed by atoms with E-state index >= 15 is 0 Å². The van der Waals surface area contributed by atoms with Crippen LogP contribution in [0.1, 0.15) is 21.7 Å². The molecule has 1 atom stereocenters. The van der Waals surface area contributed by atoms with Crippen LogP contribution < -0.4 is 10.9 Å². The number of pyridine rings is 1. The summed E-state index contributed by atoms with van der Waals surface area (Å²) in [5, 5.41) is 16.8. The highest BCUT2D eigenvalue weighted by Gasteiger charge is 2.18. The van der Waals surface area contributed by atoms with Crippen LogP contribution in [-0.4, -0.2) is 38.0 Å². The minimum Gasteiger partial charge on any atom is -0.389 e. The van der Waals surface area contributed by atoms with E-state index in [0.29, 0.717) is 11.3 Å². The maximum atomic E-state index is 12.2. The van der Waals surface area contributed by atoms with Gasteiger partial charge < -0.3 is 15.0 Å². The summed E-state index contributed by atoms with van der Waals surface area (Å²) in [6.45, 7) is 3.77. The van der Waals surface area contributed by atoms with Crippen LogP contribution in [0.4, 0.5) is 0 Å². The molecule has 0 saturated heterocycles. The Morgan fingerprint density at radius 3 is 2.73 bits per heavy atom. The van der Waals surface area contributed by atoms with Crippen LogP contribution >= 0.6 is 0 Å². The second-order valence-electron chi connectivity index (χ2n) is 5.22. The number of nitrogens with one attached hydrogen (secondary N) is 1. The molecule has 0 fully saturated rings. The highest BCUT2D eigenvalue weighted by atomic mass is 16.3. The van der Waals surface area contributed by atoms with Crippen LogP contribution in [0.15, 0.2) is 29.2 Å². The van der Waals surface area contributed by atoms with E-state index in [9.17, 15) is 14.7 Å². The number of nitrogens with zero attached hydrogens (tertiary/aromatic N) is 3. The summed E-state index contributed by atoms with van der Waals surface area (Å²) in [4.78, 5) is 23.7. The maximum Gasteiger partial charge on any atom is 0.255 e. The van der Waals surface area contributed by atoms with E-state index in [4.69, 9.17) is 0 Å². The molecule has 1 unspecified atom stereocenters. The van der Waals surface area contributed by atoms with Crippen LogP contribution in [0, 0.1) is 13.8 Å². The van der Waals surface area contributed by atoms with Crippen molar-refractivity contribution in [3.05, 3.63) is 51.7 Å². The van der Waals surface area contributed by atoms with Crippen molar-refractivity contribution < 1.29 is 9.90 Å². The van der Waals surface area contributed by atoms with Crippen molar-refractivity contribution in [3.63, 3.8) is 0 Å². The van der Waals surface area contributed by atoms with Crippen molar-refractivity contribution in [3.8, 4) is 0 Å². The minimum atomic E-state index is -0.846. The molecule has 7 heteroatoms. The van der Waals surface area contributed by atoms with Gasteiger partial charge in [-0.2, -0.15) is 5.10 Å². The van der Waals surface area contributed by atoms with Crippen LogP contribution in [0.2, 0.25) is 0 Å². The van der Waals surface area contributed by atoms with E-state index in [1.807, 2.05) is 6.92 Å². The number of amides is 1. The summed E-state index contributed by atoms with van der Waals surface area (Å²) in [5.41, 5.74) is 1.74. The van der Waals surface area contributed by atoms with Crippen LogP contribution in [0.5, 0.6) is 0 Å². The number of aliphatic hydroxyl groups is 1. The number of hydrogen-bond acceptors (Lipinski definition) is 4. The van der Waals surface area contributed by atoms with Gasteiger partial charge in [0.2, 0.25) is 0 Å². The lowest BCUT2D eigenvalue weighted by molar-refractivity contribution is 0.0902. The molecule has 2 rings (SSSR count). The molecule has 2 heterocycles. The van der Waals surface area contributed by atoms with Crippen LogP contribution in [-0.2, 0) is 13.6 Å². The first kappa shape index (κ1) is 16.0. The van der Waals surface area contributed by atoms with Crippen molar-refractivity contribution in [1.29, 1.82) is 0 Å². The Morgan fingerprint density at radius 2 is 2.14 bits per heavy atom. The molecule has 118 valence electrons. The molecular weight excluding hydrogens is 284 g/mol. The molecule has 7 nitrogen and oxygen atoms in total. The molecule has 2 N–H and O–H groups in total. The van der Waals surface area contributed by atoms with Gasteiger partial charge in [0.05, 0.1) is 23.9 Å². The van der Waals surface area contributed by atoms with E-state index < -0.39 is 6.10 Å². The van der Waals surface area contributed by atoms with Gasteiger partial charge in [-0.3, -0.25) is 14.3 Å². The van der Waals surface area contributed by atoms with Crippen molar-refractivity contribution in [1.82, 2.24) is 19.7 Å². The molecule has 0 radical (unpaired) electrons. The van der Waals surface area contributed by atoms with Gasteiger partial charge in [0.15, 0.2) is 0 Å². The molecule has 0 saturated carbocycles. The van der Waals surface area contributed by atoms with Gasteiger partial charge >= 0.3 is 0 Å². The summed E-state index contributed by atoms with van der Waals surface area (Å²) >= 11 is 0. The molecule has 0 aliphatic heterocycles. The molecule has 1 amide bonds. The lowest BCUT2D eigenvalue weighted by Gasteiger charge is -2.13. The third-order valence-electron chi connectivity index (χ3n) is 3.54. The number of aliphatic hydroxyl groups excluding tert-OH is 1. The monoisotopic (exact) mass is 304 g/mol. The first-order valence-corrected chi connectivity index (χ1v) is 7.02. The highest BCUT2D eigenvalue weighted by molar-refractivity contribution is 5.96. The molecule has 2 aromatic rings. The summed E-state index contributed by atoms with van der Waals surface area (Å²) < 4.78 is 3.04. The Hall–Kier alpha value is -2.41. The Labute approximate surface area is 128 Å². The second kappa shape index (κ2) is 6.57. The van der Waals surface area contributed by atoms with Crippen LogP contribution in [0.3, 0.4) is 0 Å². The molecule has 22 heavy (non-hydrogen) atoms. The lowest BCUT2D eigenvalue weighted by Crippen LogP contribution is -2.36. The van der Waals surface area contributed by atoms with E-state index in [0.717, 1.165) is 5.69 Å². The molecule has 0 spiro atoms. The molecule has 0 bridgehead atoms. The Morgan fingerprint density at radius 1 is 1.41 bits per heavy atom. The van der Waals surface area contributed by atoms with Crippen molar-refractivity contribution in [2.24, 2.45) is 7.05 Å². The van der Waals surface area contributed by atoms with Gasteiger partial charge in [-0.25, -0.2) is 0 Å². The summed E-state index contributed by atoms with van der Waals surface area (Å²) in [6.07, 6.45) is 0.754. The average molecular weight is 304 g/mol. The number of aromatic nitrogens is 3. The molecule has 0 aromatic carbocycles. The summed E-state index contributed by atoms with van der Waals surface area (Å²) in [7, 11) is 1.77. The molecular formula is C15H20N4O3.